The Hall–Kier alpha value is -1.95. The third-order valence-corrected chi connectivity index (χ3v) is 4.57. The van der Waals surface area contributed by atoms with Gasteiger partial charge in [-0.3, -0.25) is 4.79 Å². The van der Waals surface area contributed by atoms with Gasteiger partial charge in [-0.05, 0) is 49.1 Å². The third kappa shape index (κ3) is 4.07. The fraction of sp³-hybridized carbons (Fsp3) is 0.353. The van der Waals surface area contributed by atoms with Crippen molar-refractivity contribution in [3.8, 4) is 0 Å². The molecular formula is C17H19BrN4O. The molecule has 0 aliphatic carbocycles. The van der Waals surface area contributed by atoms with Crippen LogP contribution in [0.3, 0.4) is 0 Å². The van der Waals surface area contributed by atoms with Crippen LogP contribution in [0.5, 0.6) is 0 Å². The van der Waals surface area contributed by atoms with Crippen LogP contribution in [0.2, 0.25) is 0 Å². The quantitative estimate of drug-likeness (QED) is 0.888. The van der Waals surface area contributed by atoms with Crippen molar-refractivity contribution in [3.05, 3.63) is 46.6 Å². The summed E-state index contributed by atoms with van der Waals surface area (Å²) in [5.74, 6) is 1.36. The molecule has 0 spiro atoms. The van der Waals surface area contributed by atoms with E-state index in [1.54, 1.807) is 6.07 Å². The molecule has 0 radical (unpaired) electrons. The molecule has 5 nitrogen and oxygen atoms in total. The zero-order chi connectivity index (χ0) is 16.2. The van der Waals surface area contributed by atoms with Gasteiger partial charge < -0.3 is 10.2 Å². The van der Waals surface area contributed by atoms with Gasteiger partial charge in [0.25, 0.3) is 5.91 Å². The van der Waals surface area contributed by atoms with Gasteiger partial charge in [0.1, 0.15) is 0 Å². The first-order valence-electron chi connectivity index (χ1n) is 7.77. The van der Waals surface area contributed by atoms with E-state index >= 15 is 0 Å². The number of nitrogens with one attached hydrogen (secondary N) is 1. The van der Waals surface area contributed by atoms with Crippen LogP contribution in [0.15, 0.2) is 40.9 Å². The molecule has 2 heterocycles. The number of hydrogen-bond donors (Lipinski definition) is 1. The first kappa shape index (κ1) is 15.9. The van der Waals surface area contributed by atoms with E-state index in [-0.39, 0.29) is 5.91 Å². The number of halogens is 1. The second kappa shape index (κ2) is 7.08. The highest BCUT2D eigenvalue weighted by molar-refractivity contribution is 9.10. The van der Waals surface area contributed by atoms with Crippen LogP contribution in [-0.4, -0.2) is 29.2 Å². The lowest BCUT2D eigenvalue weighted by Gasteiger charge is -2.30. The van der Waals surface area contributed by atoms with E-state index < -0.39 is 0 Å². The molecule has 0 saturated carbocycles. The number of benzene rings is 1. The van der Waals surface area contributed by atoms with Gasteiger partial charge in [-0.1, -0.05) is 28.9 Å². The average molecular weight is 375 g/mol. The zero-order valence-electron chi connectivity index (χ0n) is 13.0. The molecule has 120 valence electrons. The molecule has 0 bridgehead atoms. The van der Waals surface area contributed by atoms with Crippen molar-refractivity contribution in [1.29, 1.82) is 0 Å². The van der Waals surface area contributed by atoms with E-state index in [0.717, 1.165) is 35.0 Å². The topological polar surface area (TPSA) is 58.1 Å². The number of anilines is 2. The molecule has 1 aliphatic rings. The minimum atomic E-state index is -0.255. The Labute approximate surface area is 144 Å². The summed E-state index contributed by atoms with van der Waals surface area (Å²) in [6.07, 6.45) is 2.35. The maximum absolute atomic E-state index is 12.2. The molecule has 1 amide bonds. The second-order valence-corrected chi connectivity index (χ2v) is 6.83. The third-order valence-electron chi connectivity index (χ3n) is 4.07. The Bertz CT molecular complexity index is 681. The predicted octanol–water partition coefficient (Wildman–Crippen LogP) is 3.73. The highest BCUT2D eigenvalue weighted by atomic mass is 79.9. The molecule has 6 heteroatoms. The minimum Gasteiger partial charge on any atom is -0.355 e. The fourth-order valence-corrected chi connectivity index (χ4v) is 3.01. The lowest BCUT2D eigenvalue weighted by molar-refractivity contribution is 0.102. The first-order valence-corrected chi connectivity index (χ1v) is 8.57. The number of hydrogen-bond acceptors (Lipinski definition) is 4. The van der Waals surface area contributed by atoms with E-state index in [4.69, 9.17) is 0 Å². The molecule has 1 aromatic carbocycles. The normalized spacial score (nSPS) is 15.5. The summed E-state index contributed by atoms with van der Waals surface area (Å²) < 4.78 is 0.913. The SMILES string of the molecule is CC1CCN(c2ccc(C(=O)Nc3cccc(Br)c3)nn2)CC1. The Kier molecular flexibility index (Phi) is 4.91. The van der Waals surface area contributed by atoms with Crippen molar-refractivity contribution in [2.24, 2.45) is 5.92 Å². The van der Waals surface area contributed by atoms with Gasteiger partial charge >= 0.3 is 0 Å². The van der Waals surface area contributed by atoms with E-state index in [1.807, 2.05) is 30.3 Å². The Balaban J connectivity index is 1.65. The largest absolute Gasteiger partial charge is 0.355 e. The van der Waals surface area contributed by atoms with Gasteiger partial charge in [-0.25, -0.2) is 0 Å². The summed E-state index contributed by atoms with van der Waals surface area (Å²) in [6, 6.07) is 11.1. The summed E-state index contributed by atoms with van der Waals surface area (Å²) >= 11 is 3.38. The Morgan fingerprint density at radius 2 is 2.00 bits per heavy atom. The van der Waals surface area contributed by atoms with E-state index in [1.165, 1.54) is 12.8 Å². The van der Waals surface area contributed by atoms with Gasteiger partial charge in [0.15, 0.2) is 11.5 Å². The summed E-state index contributed by atoms with van der Waals surface area (Å²) in [5.41, 5.74) is 1.04. The molecule has 1 fully saturated rings. The molecule has 0 atom stereocenters. The maximum Gasteiger partial charge on any atom is 0.276 e. The summed E-state index contributed by atoms with van der Waals surface area (Å²) in [4.78, 5) is 14.4. The molecule has 1 saturated heterocycles. The molecule has 23 heavy (non-hydrogen) atoms. The zero-order valence-corrected chi connectivity index (χ0v) is 14.6. The highest BCUT2D eigenvalue weighted by Crippen LogP contribution is 2.21. The van der Waals surface area contributed by atoms with Crippen LogP contribution in [0.25, 0.3) is 0 Å². The van der Waals surface area contributed by atoms with Crippen molar-refractivity contribution in [2.45, 2.75) is 19.8 Å². The van der Waals surface area contributed by atoms with E-state index in [9.17, 15) is 4.79 Å². The number of piperidine rings is 1. The number of rotatable bonds is 3. The molecule has 0 unspecified atom stereocenters. The van der Waals surface area contributed by atoms with Crippen LogP contribution >= 0.6 is 15.9 Å². The lowest BCUT2D eigenvalue weighted by atomic mass is 9.99. The summed E-state index contributed by atoms with van der Waals surface area (Å²) in [5, 5.41) is 11.1. The van der Waals surface area contributed by atoms with E-state index in [2.05, 4.69) is 43.3 Å². The van der Waals surface area contributed by atoms with Crippen molar-refractivity contribution in [1.82, 2.24) is 10.2 Å². The Morgan fingerprint density at radius 3 is 2.65 bits per heavy atom. The van der Waals surface area contributed by atoms with Crippen molar-refractivity contribution in [3.63, 3.8) is 0 Å². The summed E-state index contributed by atoms with van der Waals surface area (Å²) in [6.45, 7) is 4.28. The number of carbonyl (C=O) groups excluding carboxylic acids is 1. The van der Waals surface area contributed by atoms with Crippen LogP contribution < -0.4 is 10.2 Å². The maximum atomic E-state index is 12.2. The fourth-order valence-electron chi connectivity index (χ4n) is 2.61. The lowest BCUT2D eigenvalue weighted by Crippen LogP contribution is -2.33. The molecule has 1 aliphatic heterocycles. The monoisotopic (exact) mass is 374 g/mol. The number of carbonyl (C=O) groups is 1. The summed E-state index contributed by atoms with van der Waals surface area (Å²) in [7, 11) is 0. The average Bonchev–Trinajstić information content (AvgIpc) is 2.56. The van der Waals surface area contributed by atoms with E-state index in [0.29, 0.717) is 5.69 Å². The number of aromatic nitrogens is 2. The smallest absolute Gasteiger partial charge is 0.276 e. The first-order chi connectivity index (χ1) is 11.1. The molecule has 3 rings (SSSR count). The van der Waals surface area contributed by atoms with Gasteiger partial charge in [-0.2, -0.15) is 0 Å². The van der Waals surface area contributed by atoms with Gasteiger partial charge in [0.05, 0.1) is 0 Å². The van der Waals surface area contributed by atoms with Gasteiger partial charge in [0.2, 0.25) is 0 Å². The number of amides is 1. The molecular weight excluding hydrogens is 356 g/mol. The van der Waals surface area contributed by atoms with Crippen molar-refractivity contribution in [2.75, 3.05) is 23.3 Å². The minimum absolute atomic E-state index is 0.255. The number of nitrogens with zero attached hydrogens (tertiary/aromatic N) is 3. The standard InChI is InChI=1S/C17H19BrN4O/c1-12-7-9-22(10-8-12)16-6-5-15(20-21-16)17(23)19-14-4-2-3-13(18)11-14/h2-6,11-12H,7-10H2,1H3,(H,19,23). The highest BCUT2D eigenvalue weighted by Gasteiger charge is 2.18. The van der Waals surface area contributed by atoms with Gasteiger partial charge in [-0.15, -0.1) is 10.2 Å². The second-order valence-electron chi connectivity index (χ2n) is 5.91. The van der Waals surface area contributed by atoms with Crippen molar-refractivity contribution >= 4 is 33.3 Å². The van der Waals surface area contributed by atoms with Crippen LogP contribution in [0.1, 0.15) is 30.3 Å². The molecule has 2 aromatic rings. The van der Waals surface area contributed by atoms with Crippen LogP contribution in [0.4, 0.5) is 11.5 Å². The molecule has 1 N–H and O–H groups in total. The van der Waals surface area contributed by atoms with Gasteiger partial charge in [0, 0.05) is 23.2 Å². The van der Waals surface area contributed by atoms with Crippen LogP contribution in [-0.2, 0) is 0 Å². The van der Waals surface area contributed by atoms with Crippen molar-refractivity contribution < 1.29 is 4.79 Å². The Morgan fingerprint density at radius 1 is 1.22 bits per heavy atom. The van der Waals surface area contributed by atoms with Crippen LogP contribution in [0, 0.1) is 5.92 Å². The molecule has 1 aromatic heterocycles. The predicted molar refractivity (Wildman–Crippen MR) is 94.7 cm³/mol.